The van der Waals surface area contributed by atoms with E-state index in [1.54, 1.807) is 7.05 Å². The van der Waals surface area contributed by atoms with E-state index in [0.717, 1.165) is 28.5 Å². The molecule has 3 aromatic carbocycles. The van der Waals surface area contributed by atoms with Crippen LogP contribution in [-0.2, 0) is 19.5 Å². The largest absolute Gasteiger partial charge is 0.507 e. The predicted molar refractivity (Wildman–Crippen MR) is 145 cm³/mol. The number of hydrogen-bond acceptors (Lipinski definition) is 9. The van der Waals surface area contributed by atoms with Crippen LogP contribution in [0.5, 0.6) is 5.75 Å². The molecule has 35 heavy (non-hydrogen) atoms. The fraction of sp³-hybridized carbons (Fsp3) is 0.333. The molecule has 3 rings (SSSR count). The summed E-state index contributed by atoms with van der Waals surface area (Å²) >= 11 is 0.817. The molecular formula is C24H38N2O7S2. The van der Waals surface area contributed by atoms with Crippen LogP contribution in [0.2, 0.25) is 0 Å². The smallest absolute Gasteiger partial charge is 0.261 e. The Kier molecular flexibility index (Phi) is 26.0. The Labute approximate surface area is 213 Å². The van der Waals surface area contributed by atoms with E-state index < -0.39 is 10.1 Å². The van der Waals surface area contributed by atoms with Gasteiger partial charge >= 0.3 is 0 Å². The van der Waals surface area contributed by atoms with Crippen LogP contribution in [0.4, 0.5) is 5.69 Å². The lowest BCUT2D eigenvalue weighted by Gasteiger charge is -2.03. The number of phenols is 1. The summed E-state index contributed by atoms with van der Waals surface area (Å²) in [5.41, 5.74) is 0.903. The quantitative estimate of drug-likeness (QED) is 0.101. The lowest BCUT2D eigenvalue weighted by Crippen LogP contribution is -1.88. The van der Waals surface area contributed by atoms with E-state index in [4.69, 9.17) is 9.81 Å². The Morgan fingerprint density at radius 1 is 0.857 bits per heavy atom. The van der Waals surface area contributed by atoms with Crippen LogP contribution in [0.25, 0.3) is 10.8 Å². The third-order valence-corrected chi connectivity index (χ3v) is 3.50. The van der Waals surface area contributed by atoms with Crippen LogP contribution < -0.4 is 0 Å². The number of aromatic hydroxyl groups is 1. The monoisotopic (exact) mass is 530 g/mol. The molecule has 0 fully saturated rings. The van der Waals surface area contributed by atoms with Crippen LogP contribution in [0.1, 0.15) is 41.5 Å². The zero-order valence-corrected chi connectivity index (χ0v) is 23.2. The average Bonchev–Trinajstić information content (AvgIpc) is 2.87. The highest BCUT2D eigenvalue weighted by Crippen LogP contribution is 2.31. The summed E-state index contributed by atoms with van der Waals surface area (Å²) in [5, 5.41) is 30.3. The molecule has 9 nitrogen and oxygen atoms in total. The van der Waals surface area contributed by atoms with Crippen molar-refractivity contribution in [3.8, 4) is 5.75 Å². The van der Waals surface area contributed by atoms with Crippen molar-refractivity contribution in [2.24, 2.45) is 10.2 Å². The zero-order chi connectivity index (χ0) is 27.7. The van der Waals surface area contributed by atoms with Crippen molar-refractivity contribution in [1.29, 1.82) is 0 Å². The Balaban J connectivity index is -0.000000439. The van der Waals surface area contributed by atoms with Crippen molar-refractivity contribution in [3.63, 3.8) is 0 Å². The lowest BCUT2D eigenvalue weighted by atomic mass is 10.1. The molecule has 0 bridgehead atoms. The minimum absolute atomic E-state index is 0.164. The molecule has 0 spiro atoms. The van der Waals surface area contributed by atoms with Gasteiger partial charge in [0.05, 0.1) is 24.0 Å². The van der Waals surface area contributed by atoms with Crippen LogP contribution in [0.3, 0.4) is 0 Å². The normalized spacial score (nSPS) is 9.43. The van der Waals surface area contributed by atoms with Crippen molar-refractivity contribution < 1.29 is 32.7 Å². The van der Waals surface area contributed by atoms with Gasteiger partial charge < -0.3 is 5.11 Å². The SMILES string of the molecule is CC.CC.CC.CN=Nc1ccccc1.CS(=O)(=O)O.OOOSc1cc(O)c2ccccc2c1. The molecule has 0 atom stereocenters. The molecular weight excluding hydrogens is 492 g/mol. The first-order chi connectivity index (χ1) is 16.7. The second-order valence-electron chi connectivity index (χ2n) is 5.26. The molecule has 198 valence electrons. The first-order valence-corrected chi connectivity index (χ1v) is 13.5. The number of phenolic OH excluding ortho intramolecular Hbond substituents is 1. The van der Waals surface area contributed by atoms with Crippen LogP contribution >= 0.6 is 12.0 Å². The molecule has 0 heterocycles. The van der Waals surface area contributed by atoms with Gasteiger partial charge in [0, 0.05) is 17.3 Å². The zero-order valence-electron chi connectivity index (χ0n) is 21.5. The van der Waals surface area contributed by atoms with Gasteiger partial charge in [0.1, 0.15) is 5.75 Å². The van der Waals surface area contributed by atoms with Crippen molar-refractivity contribution in [2.45, 2.75) is 46.4 Å². The number of azo groups is 1. The maximum absolute atomic E-state index is 9.68. The molecule has 0 unspecified atom stereocenters. The molecule has 11 heteroatoms. The first kappa shape index (κ1) is 37.0. The summed E-state index contributed by atoms with van der Waals surface area (Å²) < 4.78 is 30.2. The van der Waals surface area contributed by atoms with E-state index in [0.29, 0.717) is 11.2 Å². The third kappa shape index (κ3) is 21.7. The minimum Gasteiger partial charge on any atom is -0.507 e. The van der Waals surface area contributed by atoms with E-state index in [1.807, 2.05) is 102 Å². The van der Waals surface area contributed by atoms with Crippen molar-refractivity contribution >= 4 is 38.6 Å². The lowest BCUT2D eigenvalue weighted by molar-refractivity contribution is -0.432. The molecule has 0 amide bonds. The van der Waals surface area contributed by atoms with Gasteiger partial charge in [-0.05, 0) is 29.7 Å². The van der Waals surface area contributed by atoms with Gasteiger partial charge in [0.15, 0.2) is 0 Å². The molecule has 0 aliphatic carbocycles. The van der Waals surface area contributed by atoms with Gasteiger partial charge in [0.2, 0.25) is 0 Å². The number of rotatable bonds is 4. The van der Waals surface area contributed by atoms with Gasteiger partial charge in [-0.3, -0.25) is 4.55 Å². The Bertz CT molecular complexity index is 1010. The van der Waals surface area contributed by atoms with Gasteiger partial charge in [-0.1, -0.05) is 89.0 Å². The Morgan fingerprint density at radius 3 is 1.83 bits per heavy atom. The summed E-state index contributed by atoms with van der Waals surface area (Å²) in [4.78, 5) is 0.639. The number of fused-ring (bicyclic) bond motifs is 1. The summed E-state index contributed by atoms with van der Waals surface area (Å²) in [6.07, 6.45) is 0.715. The summed E-state index contributed by atoms with van der Waals surface area (Å²) in [6, 6.07) is 20.4. The van der Waals surface area contributed by atoms with E-state index in [2.05, 4.69) is 19.6 Å². The second kappa shape index (κ2) is 24.6. The predicted octanol–water partition coefficient (Wildman–Crippen LogP) is 7.96. The van der Waals surface area contributed by atoms with Crippen molar-refractivity contribution in [2.75, 3.05) is 13.3 Å². The topological polar surface area (TPSA) is 138 Å². The van der Waals surface area contributed by atoms with E-state index >= 15 is 0 Å². The van der Waals surface area contributed by atoms with Gasteiger partial charge in [-0.15, -0.1) is 4.33 Å². The van der Waals surface area contributed by atoms with E-state index in [-0.39, 0.29) is 5.75 Å². The van der Waals surface area contributed by atoms with E-state index in [1.165, 1.54) is 6.07 Å². The van der Waals surface area contributed by atoms with Crippen LogP contribution in [0.15, 0.2) is 81.9 Å². The van der Waals surface area contributed by atoms with Gasteiger partial charge in [0.25, 0.3) is 10.1 Å². The summed E-state index contributed by atoms with van der Waals surface area (Å²) in [6.45, 7) is 12.0. The molecule has 3 N–H and O–H groups in total. The maximum Gasteiger partial charge on any atom is 0.261 e. The first-order valence-electron chi connectivity index (χ1n) is 10.9. The second-order valence-corrected chi connectivity index (χ2v) is 7.50. The highest BCUT2D eigenvalue weighted by molar-refractivity contribution is 7.94. The van der Waals surface area contributed by atoms with E-state index in [9.17, 15) is 13.5 Å². The molecule has 0 aromatic heterocycles. The summed E-state index contributed by atoms with van der Waals surface area (Å²) in [5.74, 6) is 0.164. The average molecular weight is 531 g/mol. The molecule has 0 radical (unpaired) electrons. The molecule has 0 aliphatic rings. The standard InChI is InChI=1S/C10H8O4S.C7H8N2.3C2H6.CH4O3S/c11-10-6-8(15-14-13-12)5-7-3-1-2-4-9(7)10;1-8-9-7-5-3-2-4-6-7;3*1-2;1-5(2,3)4/h1-6,11-12H;2-6H,1H3;3*1-2H3;1H3,(H,2,3,4). The Hall–Kier alpha value is -2.54. The third-order valence-electron chi connectivity index (χ3n) is 2.95. The van der Waals surface area contributed by atoms with Crippen LogP contribution in [-0.4, -0.2) is 36.6 Å². The minimum atomic E-state index is -3.67. The molecule has 3 aromatic rings. The van der Waals surface area contributed by atoms with Gasteiger partial charge in [-0.25, -0.2) is 5.26 Å². The number of nitrogens with zero attached hydrogens (tertiary/aromatic N) is 2. The van der Waals surface area contributed by atoms with Crippen molar-refractivity contribution in [1.82, 2.24) is 0 Å². The number of hydrogen-bond donors (Lipinski definition) is 3. The highest BCUT2D eigenvalue weighted by atomic mass is 32.2. The van der Waals surface area contributed by atoms with Crippen molar-refractivity contribution in [3.05, 3.63) is 66.7 Å². The fourth-order valence-electron chi connectivity index (χ4n) is 1.98. The maximum atomic E-state index is 9.68. The molecule has 0 saturated heterocycles. The van der Waals surface area contributed by atoms with Crippen LogP contribution in [0, 0.1) is 0 Å². The molecule has 0 saturated carbocycles. The van der Waals surface area contributed by atoms with Gasteiger partial charge in [-0.2, -0.15) is 18.6 Å². The fourth-order valence-corrected chi connectivity index (χ4v) is 2.42. The molecule has 0 aliphatic heterocycles. The highest BCUT2D eigenvalue weighted by Gasteiger charge is 2.03. The number of benzene rings is 3. The summed E-state index contributed by atoms with van der Waals surface area (Å²) in [7, 11) is -2.01. The Morgan fingerprint density at radius 2 is 1.34 bits per heavy atom.